The second-order valence-electron chi connectivity index (χ2n) is 4.93. The Morgan fingerprint density at radius 3 is 2.24 bits per heavy atom. The molecule has 0 spiro atoms. The molecular weight excluding hydrogens is 336 g/mol. The van der Waals surface area contributed by atoms with Crippen molar-refractivity contribution in [3.8, 4) is 0 Å². The van der Waals surface area contributed by atoms with Crippen LogP contribution in [0.25, 0.3) is 0 Å². The number of benzene rings is 1. The molecule has 0 unspecified atom stereocenters. The van der Waals surface area contributed by atoms with E-state index in [1.807, 2.05) is 0 Å². The van der Waals surface area contributed by atoms with Crippen LogP contribution < -0.4 is 10.9 Å². The zero-order valence-corrected chi connectivity index (χ0v) is 13.5. The first kappa shape index (κ1) is 20.3. The largest absolute Gasteiger partial charge is 0.460 e. The van der Waals surface area contributed by atoms with Gasteiger partial charge in [0.15, 0.2) is 0 Å². The third-order valence-corrected chi connectivity index (χ3v) is 3.10. The van der Waals surface area contributed by atoms with Crippen LogP contribution >= 0.6 is 0 Å². The third-order valence-electron chi connectivity index (χ3n) is 3.10. The van der Waals surface area contributed by atoms with Gasteiger partial charge in [-0.1, -0.05) is 0 Å². The number of non-ortho nitro benzene ring substituents is 1. The number of amidine groups is 1. The van der Waals surface area contributed by atoms with E-state index in [0.717, 1.165) is 0 Å². The first-order valence-corrected chi connectivity index (χ1v) is 7.27. The highest BCUT2D eigenvalue weighted by Crippen LogP contribution is 2.15. The summed E-state index contributed by atoms with van der Waals surface area (Å²) >= 11 is 0. The van der Waals surface area contributed by atoms with E-state index in [0.29, 0.717) is 5.69 Å². The summed E-state index contributed by atoms with van der Waals surface area (Å²) in [5.74, 6) is -1.27. The molecule has 138 valence electrons. The fraction of sp³-hybridized carbons (Fsp3) is 0.429. The number of esters is 1. The van der Waals surface area contributed by atoms with E-state index < -0.39 is 42.1 Å². The van der Waals surface area contributed by atoms with E-state index in [9.17, 15) is 30.2 Å². The summed E-state index contributed by atoms with van der Waals surface area (Å²) in [7, 11) is 0. The minimum absolute atomic E-state index is 0.0570. The molecule has 0 radical (unpaired) electrons. The number of hydrogen-bond donors (Lipinski definition) is 5. The number of nitrogens with zero attached hydrogens (tertiary/aromatic N) is 2. The van der Waals surface area contributed by atoms with E-state index in [2.05, 4.69) is 15.8 Å². The van der Waals surface area contributed by atoms with Crippen molar-refractivity contribution in [2.45, 2.75) is 12.5 Å². The lowest BCUT2D eigenvalue weighted by Crippen LogP contribution is -2.46. The molecule has 0 heterocycles. The fourth-order valence-corrected chi connectivity index (χ4v) is 1.62. The van der Waals surface area contributed by atoms with Gasteiger partial charge >= 0.3 is 5.97 Å². The van der Waals surface area contributed by atoms with Crippen LogP contribution in [0.4, 0.5) is 11.4 Å². The molecule has 0 saturated heterocycles. The maximum Gasteiger partial charge on any atom is 0.375 e. The summed E-state index contributed by atoms with van der Waals surface area (Å²) in [6, 6.07) is 5.30. The predicted octanol–water partition coefficient (Wildman–Crippen LogP) is -0.811. The van der Waals surface area contributed by atoms with Crippen LogP contribution in [0.1, 0.15) is 6.92 Å². The molecule has 11 nitrogen and oxygen atoms in total. The Bertz CT molecular complexity index is 606. The highest BCUT2D eigenvalue weighted by Gasteiger charge is 2.30. The number of nitro benzene ring substituents is 1. The number of hydrogen-bond acceptors (Lipinski definition) is 9. The van der Waals surface area contributed by atoms with E-state index in [1.54, 1.807) is 6.92 Å². The van der Waals surface area contributed by atoms with E-state index in [1.165, 1.54) is 24.3 Å². The van der Waals surface area contributed by atoms with Crippen molar-refractivity contribution in [1.82, 2.24) is 5.43 Å². The summed E-state index contributed by atoms with van der Waals surface area (Å²) in [4.78, 5) is 25.9. The van der Waals surface area contributed by atoms with Crippen LogP contribution in [-0.2, 0) is 9.53 Å². The maximum absolute atomic E-state index is 11.9. The standard InChI is InChI=1S/C14H20N4O7/c1-2-25-13(22)12(15-14(7-19,8-20)9-21)17-16-10-3-5-11(6-4-10)18(23)24/h3-6,16,19-21H,2,7-9H2,1H3,(H,15,17). The van der Waals surface area contributed by atoms with Gasteiger partial charge in [0.1, 0.15) is 5.54 Å². The molecule has 0 aliphatic rings. The van der Waals surface area contributed by atoms with Gasteiger partial charge < -0.3 is 20.1 Å². The average molecular weight is 356 g/mol. The van der Waals surface area contributed by atoms with Crippen LogP contribution in [0.5, 0.6) is 0 Å². The summed E-state index contributed by atoms with van der Waals surface area (Å²) < 4.78 is 4.82. The number of carbonyl (C=O) groups is 1. The van der Waals surface area contributed by atoms with Crippen molar-refractivity contribution in [3.05, 3.63) is 34.4 Å². The van der Waals surface area contributed by atoms with Gasteiger partial charge in [-0.15, -0.1) is 0 Å². The highest BCUT2D eigenvalue weighted by molar-refractivity contribution is 6.35. The van der Waals surface area contributed by atoms with E-state index >= 15 is 0 Å². The summed E-state index contributed by atoms with van der Waals surface area (Å²) in [5, 5.41) is 38.6. The lowest BCUT2D eigenvalue weighted by molar-refractivity contribution is -0.384. The van der Waals surface area contributed by atoms with Crippen molar-refractivity contribution in [1.29, 1.82) is 0 Å². The summed E-state index contributed by atoms with van der Waals surface area (Å²) in [6.07, 6.45) is 0. The Labute approximate surface area is 143 Å². The molecule has 0 aliphatic heterocycles. The van der Waals surface area contributed by atoms with Crippen molar-refractivity contribution < 1.29 is 29.8 Å². The molecule has 5 N–H and O–H groups in total. The predicted molar refractivity (Wildman–Crippen MR) is 87.9 cm³/mol. The molecule has 11 heteroatoms. The molecule has 1 rings (SSSR count). The van der Waals surface area contributed by atoms with Gasteiger partial charge in [-0.2, -0.15) is 0 Å². The quantitative estimate of drug-likeness (QED) is 0.131. The number of hydrazine groups is 1. The number of ether oxygens (including phenoxy) is 1. The second kappa shape index (κ2) is 9.52. The first-order valence-electron chi connectivity index (χ1n) is 7.27. The molecule has 1 aromatic carbocycles. The van der Waals surface area contributed by atoms with Crippen LogP contribution in [0.3, 0.4) is 0 Å². The van der Waals surface area contributed by atoms with Crippen LogP contribution in [-0.4, -0.2) is 64.0 Å². The van der Waals surface area contributed by atoms with Crippen molar-refractivity contribution in [2.75, 3.05) is 31.9 Å². The Balaban J connectivity index is 2.97. The number of aliphatic hydroxyl groups excluding tert-OH is 3. The Morgan fingerprint density at radius 2 is 1.80 bits per heavy atom. The third kappa shape index (κ3) is 5.67. The molecule has 0 fully saturated rings. The van der Waals surface area contributed by atoms with Gasteiger partial charge in [-0.25, -0.2) is 9.79 Å². The van der Waals surface area contributed by atoms with Gasteiger partial charge in [0, 0.05) is 12.1 Å². The minimum atomic E-state index is -1.67. The molecule has 0 atom stereocenters. The molecule has 0 saturated carbocycles. The number of carbonyl (C=O) groups excluding carboxylic acids is 1. The lowest BCUT2D eigenvalue weighted by atomic mass is 10.1. The zero-order chi connectivity index (χ0) is 18.9. The summed E-state index contributed by atoms with van der Waals surface area (Å²) in [5.41, 5.74) is 3.64. The zero-order valence-electron chi connectivity index (χ0n) is 13.5. The number of aliphatic imine (C=N–C) groups is 1. The normalized spacial score (nSPS) is 11.8. The number of nitrogens with one attached hydrogen (secondary N) is 2. The molecule has 0 aliphatic carbocycles. The van der Waals surface area contributed by atoms with E-state index in [-0.39, 0.29) is 12.3 Å². The highest BCUT2D eigenvalue weighted by atomic mass is 16.6. The Hall–Kier alpha value is -2.76. The van der Waals surface area contributed by atoms with Crippen molar-refractivity contribution in [3.63, 3.8) is 0 Å². The number of aliphatic hydroxyl groups is 3. The smallest absolute Gasteiger partial charge is 0.375 e. The van der Waals surface area contributed by atoms with Crippen molar-refractivity contribution >= 4 is 23.2 Å². The molecular formula is C14H20N4O7. The van der Waals surface area contributed by atoms with Crippen molar-refractivity contribution in [2.24, 2.45) is 4.99 Å². The Morgan fingerprint density at radius 1 is 1.24 bits per heavy atom. The van der Waals surface area contributed by atoms with Gasteiger partial charge in [-0.05, 0) is 19.1 Å². The molecule has 0 amide bonds. The second-order valence-corrected chi connectivity index (χ2v) is 4.93. The van der Waals surface area contributed by atoms with Gasteiger partial charge in [-0.3, -0.25) is 21.0 Å². The Kier molecular flexibility index (Phi) is 7.72. The maximum atomic E-state index is 11.9. The van der Waals surface area contributed by atoms with Gasteiger partial charge in [0.25, 0.3) is 5.69 Å². The molecule has 1 aromatic rings. The SMILES string of the molecule is CCOC(=O)C(=NC(CO)(CO)CO)NNc1ccc([N+](=O)[O-])cc1. The molecule has 0 bridgehead atoms. The monoisotopic (exact) mass is 356 g/mol. The number of nitro groups is 1. The minimum Gasteiger partial charge on any atom is -0.460 e. The van der Waals surface area contributed by atoms with Crippen LogP contribution in [0.2, 0.25) is 0 Å². The average Bonchev–Trinajstić information content (AvgIpc) is 2.63. The van der Waals surface area contributed by atoms with Crippen LogP contribution in [0, 0.1) is 10.1 Å². The number of anilines is 1. The van der Waals surface area contributed by atoms with E-state index in [4.69, 9.17) is 4.74 Å². The first-order chi connectivity index (χ1) is 11.9. The van der Waals surface area contributed by atoms with Gasteiger partial charge in [0.2, 0.25) is 5.84 Å². The van der Waals surface area contributed by atoms with Gasteiger partial charge in [0.05, 0.1) is 37.0 Å². The molecule has 25 heavy (non-hydrogen) atoms. The summed E-state index contributed by atoms with van der Waals surface area (Å²) in [6.45, 7) is -0.482. The lowest BCUT2D eigenvalue weighted by Gasteiger charge is -2.24. The molecule has 0 aromatic heterocycles. The fourth-order valence-electron chi connectivity index (χ4n) is 1.62. The number of rotatable bonds is 8. The van der Waals surface area contributed by atoms with Crippen LogP contribution in [0.15, 0.2) is 29.3 Å². The topological polar surface area (TPSA) is 167 Å².